The number of halogens is 1. The Hall–Kier alpha value is -2.92. The molecule has 0 atom stereocenters. The highest BCUT2D eigenvalue weighted by Gasteiger charge is 2.17. The summed E-state index contributed by atoms with van der Waals surface area (Å²) in [6.07, 6.45) is 1.96. The number of hydrogen-bond acceptors (Lipinski definition) is 2. The van der Waals surface area contributed by atoms with Crippen molar-refractivity contribution in [3.63, 3.8) is 0 Å². The summed E-state index contributed by atoms with van der Waals surface area (Å²) in [6.45, 7) is 6.36. The summed E-state index contributed by atoms with van der Waals surface area (Å²) in [7, 11) is 0. The molecule has 0 saturated heterocycles. The highest BCUT2D eigenvalue weighted by molar-refractivity contribution is 5.77. The van der Waals surface area contributed by atoms with Gasteiger partial charge in [0.2, 0.25) is 5.91 Å². The average molecular weight is 409 g/mol. The highest BCUT2D eigenvalue weighted by atomic mass is 19.1. The topological polar surface area (TPSA) is 34.5 Å². The number of hydrogen-bond donors (Lipinski definition) is 0. The Labute approximate surface area is 177 Å². The first-order valence-corrected chi connectivity index (χ1v) is 10.3. The molecule has 1 amide bonds. The summed E-state index contributed by atoms with van der Waals surface area (Å²) in [6, 6.07) is 20.4. The van der Waals surface area contributed by atoms with E-state index in [-0.39, 0.29) is 18.3 Å². The number of aromatic nitrogens is 1. The van der Waals surface area contributed by atoms with Gasteiger partial charge in [-0.2, -0.15) is 0 Å². The van der Waals surface area contributed by atoms with Crippen molar-refractivity contribution in [2.45, 2.75) is 33.5 Å². The molecule has 0 aliphatic heterocycles. The number of nitrogens with zero attached hydrogens (tertiary/aromatic N) is 2. The van der Waals surface area contributed by atoms with Gasteiger partial charge in [0.05, 0.1) is 13.2 Å². The zero-order valence-electron chi connectivity index (χ0n) is 17.6. The van der Waals surface area contributed by atoms with Crippen LogP contribution in [0.2, 0.25) is 0 Å². The fraction of sp³-hybridized carbons (Fsp3) is 0.320. The van der Waals surface area contributed by atoms with E-state index in [0.717, 1.165) is 16.8 Å². The second-order valence-electron chi connectivity index (χ2n) is 7.90. The van der Waals surface area contributed by atoms with Gasteiger partial charge in [-0.25, -0.2) is 4.39 Å². The normalized spacial score (nSPS) is 11.1. The average Bonchev–Trinajstić information content (AvgIpc) is 3.14. The van der Waals surface area contributed by atoms with E-state index in [1.54, 1.807) is 6.07 Å². The van der Waals surface area contributed by atoms with Gasteiger partial charge >= 0.3 is 0 Å². The Bertz CT molecular complexity index is 937. The molecule has 4 nitrogen and oxygen atoms in total. The van der Waals surface area contributed by atoms with E-state index in [0.29, 0.717) is 32.2 Å². The summed E-state index contributed by atoms with van der Waals surface area (Å²) in [5, 5.41) is 0. The maximum absolute atomic E-state index is 13.5. The van der Waals surface area contributed by atoms with E-state index in [1.165, 1.54) is 12.1 Å². The number of carbonyl (C=O) groups is 1. The molecule has 0 fully saturated rings. The predicted molar refractivity (Wildman–Crippen MR) is 116 cm³/mol. The second kappa shape index (κ2) is 10.7. The third-order valence-corrected chi connectivity index (χ3v) is 4.79. The Morgan fingerprint density at radius 1 is 1.03 bits per heavy atom. The minimum absolute atomic E-state index is 0.0295. The van der Waals surface area contributed by atoms with E-state index < -0.39 is 0 Å². The van der Waals surface area contributed by atoms with Crippen molar-refractivity contribution >= 4 is 5.91 Å². The molecule has 0 unspecified atom stereocenters. The number of carbonyl (C=O) groups excluding carboxylic acids is 1. The summed E-state index contributed by atoms with van der Waals surface area (Å²) >= 11 is 0. The minimum atomic E-state index is -0.242. The molecule has 5 heteroatoms. The van der Waals surface area contributed by atoms with E-state index in [9.17, 15) is 9.18 Å². The molecule has 0 N–H and O–H groups in total. The van der Waals surface area contributed by atoms with Crippen LogP contribution in [0.1, 0.15) is 30.7 Å². The fourth-order valence-electron chi connectivity index (χ4n) is 3.39. The molecule has 30 heavy (non-hydrogen) atoms. The number of amides is 1. The lowest BCUT2D eigenvalue weighted by Gasteiger charge is -2.25. The largest absolute Gasteiger partial charge is 0.367 e. The molecule has 0 radical (unpaired) electrons. The standard InChI is InChI=1S/C25H29FN2O2/c1-20(2)15-28(25(29)19-30-18-21-8-4-3-5-9-21)17-24-12-7-13-27(24)16-22-10-6-11-23(26)14-22/h3-14,20H,15-19H2,1-2H3. The maximum atomic E-state index is 13.5. The Kier molecular flexibility index (Phi) is 7.80. The van der Waals surface area contributed by atoms with Crippen LogP contribution in [-0.2, 0) is 29.2 Å². The van der Waals surface area contributed by atoms with Gasteiger partial charge in [0.1, 0.15) is 12.4 Å². The van der Waals surface area contributed by atoms with Gasteiger partial charge in [0.15, 0.2) is 0 Å². The van der Waals surface area contributed by atoms with Crippen molar-refractivity contribution in [1.29, 1.82) is 0 Å². The van der Waals surface area contributed by atoms with Gasteiger partial charge < -0.3 is 14.2 Å². The quantitative estimate of drug-likeness (QED) is 0.479. The lowest BCUT2D eigenvalue weighted by atomic mass is 10.2. The molecule has 0 aliphatic rings. The van der Waals surface area contributed by atoms with Crippen LogP contribution in [0.4, 0.5) is 4.39 Å². The van der Waals surface area contributed by atoms with Crippen LogP contribution in [0, 0.1) is 11.7 Å². The van der Waals surface area contributed by atoms with E-state index >= 15 is 0 Å². The van der Waals surface area contributed by atoms with Crippen LogP contribution in [0.5, 0.6) is 0 Å². The first-order chi connectivity index (χ1) is 14.5. The molecule has 1 aromatic heterocycles. The molecule has 0 aliphatic carbocycles. The third kappa shape index (κ3) is 6.56. The lowest BCUT2D eigenvalue weighted by molar-refractivity contribution is -0.137. The molecular formula is C25H29FN2O2. The molecule has 0 saturated carbocycles. The summed E-state index contributed by atoms with van der Waals surface area (Å²) in [5.41, 5.74) is 2.95. The molecule has 2 aromatic carbocycles. The number of ether oxygens (including phenoxy) is 1. The van der Waals surface area contributed by atoms with Gasteiger partial charge in [-0.05, 0) is 41.3 Å². The van der Waals surface area contributed by atoms with Crippen LogP contribution in [0.15, 0.2) is 72.9 Å². The first kappa shape index (κ1) is 21.8. The second-order valence-corrected chi connectivity index (χ2v) is 7.90. The summed E-state index contributed by atoms with van der Waals surface area (Å²) in [5.74, 6) is 0.0706. The van der Waals surface area contributed by atoms with Crippen LogP contribution in [0.25, 0.3) is 0 Å². The Morgan fingerprint density at radius 2 is 1.80 bits per heavy atom. The van der Waals surface area contributed by atoms with E-state index in [4.69, 9.17) is 4.74 Å². The smallest absolute Gasteiger partial charge is 0.248 e. The van der Waals surface area contributed by atoms with Crippen molar-refractivity contribution in [2.75, 3.05) is 13.2 Å². The van der Waals surface area contributed by atoms with Crippen LogP contribution >= 0.6 is 0 Å². The summed E-state index contributed by atoms with van der Waals surface area (Å²) in [4.78, 5) is 14.7. The lowest BCUT2D eigenvalue weighted by Crippen LogP contribution is -2.37. The zero-order chi connectivity index (χ0) is 21.3. The molecule has 3 rings (SSSR count). The van der Waals surface area contributed by atoms with Crippen molar-refractivity contribution in [2.24, 2.45) is 5.92 Å². The highest BCUT2D eigenvalue weighted by Crippen LogP contribution is 2.13. The number of benzene rings is 2. The molecule has 1 heterocycles. The first-order valence-electron chi connectivity index (χ1n) is 10.3. The fourth-order valence-corrected chi connectivity index (χ4v) is 3.39. The monoisotopic (exact) mass is 408 g/mol. The van der Waals surface area contributed by atoms with Crippen LogP contribution < -0.4 is 0 Å². The van der Waals surface area contributed by atoms with Crippen molar-refractivity contribution in [1.82, 2.24) is 9.47 Å². The van der Waals surface area contributed by atoms with Crippen molar-refractivity contribution in [3.05, 3.63) is 95.6 Å². The maximum Gasteiger partial charge on any atom is 0.248 e. The predicted octanol–water partition coefficient (Wildman–Crippen LogP) is 4.88. The summed E-state index contributed by atoms with van der Waals surface area (Å²) < 4.78 is 21.2. The van der Waals surface area contributed by atoms with Gasteiger partial charge in [-0.3, -0.25) is 4.79 Å². The Morgan fingerprint density at radius 3 is 2.53 bits per heavy atom. The molecule has 158 valence electrons. The van der Waals surface area contributed by atoms with Gasteiger partial charge in [0.25, 0.3) is 0 Å². The SMILES string of the molecule is CC(C)CN(Cc1cccn1Cc1cccc(F)c1)C(=O)COCc1ccccc1. The van der Waals surface area contributed by atoms with Crippen molar-refractivity contribution < 1.29 is 13.9 Å². The third-order valence-electron chi connectivity index (χ3n) is 4.79. The molecule has 3 aromatic rings. The van der Waals surface area contributed by atoms with E-state index in [1.807, 2.05) is 59.6 Å². The minimum Gasteiger partial charge on any atom is -0.367 e. The van der Waals surface area contributed by atoms with Gasteiger partial charge in [0, 0.05) is 25.0 Å². The zero-order valence-corrected chi connectivity index (χ0v) is 17.6. The Balaban J connectivity index is 1.63. The van der Waals surface area contributed by atoms with Crippen LogP contribution in [0.3, 0.4) is 0 Å². The van der Waals surface area contributed by atoms with Gasteiger partial charge in [-0.1, -0.05) is 56.3 Å². The number of rotatable bonds is 10. The van der Waals surface area contributed by atoms with Crippen molar-refractivity contribution in [3.8, 4) is 0 Å². The van der Waals surface area contributed by atoms with Crippen LogP contribution in [-0.4, -0.2) is 28.5 Å². The molecular weight excluding hydrogens is 379 g/mol. The van der Waals surface area contributed by atoms with Gasteiger partial charge in [-0.15, -0.1) is 0 Å². The van der Waals surface area contributed by atoms with E-state index in [2.05, 4.69) is 18.4 Å². The molecule has 0 bridgehead atoms. The molecule has 0 spiro atoms.